The van der Waals surface area contributed by atoms with E-state index in [1.54, 1.807) is 55.7 Å². The molecule has 3 aromatic carbocycles. The molecule has 1 heterocycles. The predicted molar refractivity (Wildman–Crippen MR) is 140 cm³/mol. The minimum atomic E-state index is -0.487. The number of nitriles is 1. The largest absolute Gasteiger partial charge is 0.497 e. The fraction of sp³-hybridized carbons (Fsp3) is 0.0357. The van der Waals surface area contributed by atoms with Gasteiger partial charge >= 0.3 is 5.97 Å². The normalized spacial score (nSPS) is 11.3. The zero-order valence-corrected chi connectivity index (χ0v) is 20.2. The molecular weight excluding hydrogens is 480 g/mol. The van der Waals surface area contributed by atoms with Crippen molar-refractivity contribution in [2.24, 2.45) is 0 Å². The molecule has 0 bridgehead atoms. The van der Waals surface area contributed by atoms with Crippen LogP contribution in [-0.2, 0) is 4.79 Å². The number of benzene rings is 3. The van der Waals surface area contributed by atoms with Gasteiger partial charge < -0.3 is 9.47 Å². The van der Waals surface area contributed by atoms with Gasteiger partial charge in [-0.2, -0.15) is 5.26 Å². The molecule has 0 spiro atoms. The maximum Gasteiger partial charge on any atom is 0.336 e. The molecule has 0 aliphatic rings. The van der Waals surface area contributed by atoms with Crippen molar-refractivity contribution >= 4 is 46.6 Å². The van der Waals surface area contributed by atoms with Crippen molar-refractivity contribution in [3.8, 4) is 28.8 Å². The Bertz CT molecular complexity index is 1420. The van der Waals surface area contributed by atoms with Crippen LogP contribution in [0.2, 0.25) is 5.02 Å². The molecule has 0 saturated heterocycles. The summed E-state index contributed by atoms with van der Waals surface area (Å²) in [7, 11) is 1.60. The zero-order valence-electron chi connectivity index (χ0n) is 18.6. The van der Waals surface area contributed by atoms with Gasteiger partial charge in [-0.05, 0) is 59.7 Å². The molecule has 7 heteroatoms. The van der Waals surface area contributed by atoms with Gasteiger partial charge in [-0.25, -0.2) is 9.78 Å². The summed E-state index contributed by atoms with van der Waals surface area (Å²) < 4.78 is 10.5. The Morgan fingerprint density at radius 3 is 2.29 bits per heavy atom. The van der Waals surface area contributed by atoms with Crippen LogP contribution in [0.4, 0.5) is 0 Å². The monoisotopic (exact) mass is 498 g/mol. The molecule has 0 aliphatic carbocycles. The van der Waals surface area contributed by atoms with E-state index in [1.807, 2.05) is 41.8 Å². The molecule has 1 aromatic heterocycles. The number of thiazole rings is 1. The Balaban J connectivity index is 1.41. The van der Waals surface area contributed by atoms with Crippen molar-refractivity contribution in [1.82, 2.24) is 4.98 Å². The summed E-state index contributed by atoms with van der Waals surface area (Å²) in [4.78, 5) is 16.7. The fourth-order valence-electron chi connectivity index (χ4n) is 3.12. The first-order valence-corrected chi connectivity index (χ1v) is 11.8. The summed E-state index contributed by atoms with van der Waals surface area (Å²) in [5, 5.41) is 12.8. The number of hydrogen-bond acceptors (Lipinski definition) is 6. The Labute approximate surface area is 212 Å². The maximum absolute atomic E-state index is 12.1. The number of halogens is 1. The van der Waals surface area contributed by atoms with E-state index < -0.39 is 5.97 Å². The second kappa shape index (κ2) is 11.3. The van der Waals surface area contributed by atoms with Crippen LogP contribution >= 0.6 is 22.9 Å². The van der Waals surface area contributed by atoms with Crippen molar-refractivity contribution in [2.75, 3.05) is 7.11 Å². The van der Waals surface area contributed by atoms with Crippen molar-refractivity contribution < 1.29 is 14.3 Å². The van der Waals surface area contributed by atoms with Crippen LogP contribution in [0, 0.1) is 11.3 Å². The first-order chi connectivity index (χ1) is 17.0. The van der Waals surface area contributed by atoms with Gasteiger partial charge in [0.2, 0.25) is 0 Å². The van der Waals surface area contributed by atoms with Gasteiger partial charge in [0.05, 0.1) is 18.4 Å². The molecule has 0 N–H and O–H groups in total. The summed E-state index contributed by atoms with van der Waals surface area (Å²) >= 11 is 7.35. The Hall–Kier alpha value is -4.18. The van der Waals surface area contributed by atoms with E-state index in [-0.39, 0.29) is 0 Å². The van der Waals surface area contributed by atoms with Crippen LogP contribution in [0.25, 0.3) is 29.0 Å². The number of nitrogens with zero attached hydrogens (tertiary/aromatic N) is 2. The van der Waals surface area contributed by atoms with Crippen molar-refractivity contribution in [3.63, 3.8) is 0 Å². The van der Waals surface area contributed by atoms with Crippen LogP contribution in [0.5, 0.6) is 11.5 Å². The van der Waals surface area contributed by atoms with Gasteiger partial charge in [0.25, 0.3) is 0 Å². The van der Waals surface area contributed by atoms with Gasteiger partial charge in [0, 0.05) is 22.0 Å². The molecule has 0 unspecified atom stereocenters. The SMILES string of the molecule is COc1ccc(/C=C/C(=O)Oc2ccc(/C=C(\C#N)c3nc(-c4ccc(Cl)cc4)cs3)cc2)cc1. The van der Waals surface area contributed by atoms with Crippen LogP contribution < -0.4 is 9.47 Å². The number of methoxy groups -OCH3 is 1. The highest BCUT2D eigenvalue weighted by Crippen LogP contribution is 2.28. The average molecular weight is 499 g/mol. The van der Waals surface area contributed by atoms with Crippen molar-refractivity contribution in [3.05, 3.63) is 105 Å². The molecule has 0 aliphatic heterocycles. The predicted octanol–water partition coefficient (Wildman–Crippen LogP) is 7.16. The van der Waals surface area contributed by atoms with E-state index >= 15 is 0 Å². The van der Waals surface area contributed by atoms with Crippen molar-refractivity contribution in [1.29, 1.82) is 5.26 Å². The number of esters is 1. The molecule has 0 atom stereocenters. The lowest BCUT2D eigenvalue weighted by Crippen LogP contribution is -2.03. The lowest BCUT2D eigenvalue weighted by Gasteiger charge is -2.02. The molecule has 172 valence electrons. The van der Waals surface area contributed by atoms with Crippen LogP contribution in [0.15, 0.2) is 84.3 Å². The summed E-state index contributed by atoms with van der Waals surface area (Å²) in [5.74, 6) is 0.666. The van der Waals surface area contributed by atoms with Gasteiger partial charge in [-0.15, -0.1) is 11.3 Å². The third-order valence-corrected chi connectivity index (χ3v) is 6.06. The number of allylic oxidation sites excluding steroid dienone is 1. The zero-order chi connectivity index (χ0) is 24.6. The van der Waals surface area contributed by atoms with Crippen molar-refractivity contribution in [2.45, 2.75) is 0 Å². The topological polar surface area (TPSA) is 72.2 Å². The number of carbonyl (C=O) groups is 1. The second-order valence-electron chi connectivity index (χ2n) is 7.31. The van der Waals surface area contributed by atoms with Crippen LogP contribution in [0.3, 0.4) is 0 Å². The number of rotatable bonds is 7. The molecule has 0 amide bonds. The standard InChI is InChI=1S/C28H19ClN2O3S/c1-33-24-11-2-19(3-12-24)6-15-27(32)34-25-13-4-20(5-14-25)16-22(17-30)28-31-26(18-35-28)21-7-9-23(29)10-8-21/h2-16,18H,1H3/b15-6+,22-16+. The number of carbonyl (C=O) groups excluding carboxylic acids is 1. The Kier molecular flexibility index (Phi) is 7.74. The van der Waals surface area contributed by atoms with Gasteiger partial charge in [0.1, 0.15) is 22.6 Å². The molecule has 4 aromatic rings. The molecule has 5 nitrogen and oxygen atoms in total. The van der Waals surface area contributed by atoms with E-state index in [0.29, 0.717) is 21.4 Å². The molecule has 0 radical (unpaired) electrons. The minimum absolute atomic E-state index is 0.407. The van der Waals surface area contributed by atoms with E-state index in [9.17, 15) is 10.1 Å². The van der Waals surface area contributed by atoms with Crippen LogP contribution in [0.1, 0.15) is 16.1 Å². The quantitative estimate of drug-likeness (QED) is 0.117. The molecule has 0 fully saturated rings. The summed E-state index contributed by atoms with van der Waals surface area (Å²) in [6.45, 7) is 0. The fourth-order valence-corrected chi connectivity index (χ4v) is 4.04. The number of aromatic nitrogens is 1. The highest BCUT2D eigenvalue weighted by Gasteiger charge is 2.09. The average Bonchev–Trinajstić information content (AvgIpc) is 3.38. The van der Waals surface area contributed by atoms with Gasteiger partial charge in [-0.3, -0.25) is 0 Å². The van der Waals surface area contributed by atoms with Gasteiger partial charge in [0.15, 0.2) is 0 Å². The van der Waals surface area contributed by atoms with Crippen LogP contribution in [-0.4, -0.2) is 18.1 Å². The minimum Gasteiger partial charge on any atom is -0.497 e. The summed E-state index contributed by atoms with van der Waals surface area (Å²) in [6.07, 6.45) is 4.79. The molecular formula is C28H19ClN2O3S. The van der Waals surface area contributed by atoms with E-state index in [1.165, 1.54) is 17.4 Å². The highest BCUT2D eigenvalue weighted by atomic mass is 35.5. The number of ether oxygens (including phenoxy) is 2. The molecule has 4 rings (SSSR count). The Morgan fingerprint density at radius 1 is 0.971 bits per heavy atom. The maximum atomic E-state index is 12.1. The van der Waals surface area contributed by atoms with E-state index in [4.69, 9.17) is 21.1 Å². The van der Waals surface area contributed by atoms with E-state index in [0.717, 1.165) is 28.1 Å². The number of hydrogen-bond donors (Lipinski definition) is 0. The first kappa shape index (κ1) is 24.0. The summed E-state index contributed by atoms with van der Waals surface area (Å²) in [6, 6.07) is 23.9. The summed E-state index contributed by atoms with van der Waals surface area (Å²) in [5.41, 5.74) is 3.81. The third kappa shape index (κ3) is 6.45. The lowest BCUT2D eigenvalue weighted by atomic mass is 10.1. The smallest absolute Gasteiger partial charge is 0.336 e. The van der Waals surface area contributed by atoms with Gasteiger partial charge in [-0.1, -0.05) is 48.0 Å². The van der Waals surface area contributed by atoms with E-state index in [2.05, 4.69) is 11.1 Å². The second-order valence-corrected chi connectivity index (χ2v) is 8.61. The molecule has 0 saturated carbocycles. The first-order valence-electron chi connectivity index (χ1n) is 10.5. The third-order valence-electron chi connectivity index (χ3n) is 4.93. The molecule has 35 heavy (non-hydrogen) atoms. The highest BCUT2D eigenvalue weighted by molar-refractivity contribution is 7.11. The Morgan fingerprint density at radius 2 is 1.63 bits per heavy atom. The lowest BCUT2D eigenvalue weighted by molar-refractivity contribution is -0.128.